The Bertz CT molecular complexity index is 1050. The lowest BCUT2D eigenvalue weighted by Gasteiger charge is -2.12. The third-order valence-electron chi connectivity index (χ3n) is 5.01. The van der Waals surface area contributed by atoms with Gasteiger partial charge in [0.15, 0.2) is 0 Å². The van der Waals surface area contributed by atoms with Crippen LogP contribution in [0.5, 0.6) is 0 Å². The zero-order valence-corrected chi connectivity index (χ0v) is 17.4. The van der Waals surface area contributed by atoms with Gasteiger partial charge in [-0.15, -0.1) is 0 Å². The molecule has 0 bridgehead atoms. The monoisotopic (exact) mass is 367 g/mol. The first-order valence-corrected chi connectivity index (χ1v) is 10.2. The predicted molar refractivity (Wildman–Crippen MR) is 125 cm³/mol. The maximum atomic E-state index is 5.16. The second-order valence-electron chi connectivity index (χ2n) is 7.01. The van der Waals surface area contributed by atoms with Crippen molar-refractivity contribution in [3.63, 3.8) is 0 Å². The molecule has 0 N–H and O–H groups in total. The van der Waals surface area contributed by atoms with E-state index in [2.05, 4.69) is 107 Å². The van der Waals surface area contributed by atoms with E-state index in [-0.39, 0.29) is 0 Å². The Kier molecular flexibility index (Phi) is 6.60. The molecule has 0 saturated carbocycles. The molecule has 3 aromatic carbocycles. The SMILES string of the molecule is C/C=C\c1cc(/C(=C\CC)N=C(CC)c2cccc3ccccc23)ccc1C. The van der Waals surface area contributed by atoms with Crippen LogP contribution in [0.3, 0.4) is 0 Å². The molecule has 0 atom stereocenters. The second kappa shape index (κ2) is 9.32. The van der Waals surface area contributed by atoms with E-state index in [4.69, 9.17) is 4.99 Å². The van der Waals surface area contributed by atoms with Crippen LogP contribution in [0.2, 0.25) is 0 Å². The molecular weight excluding hydrogens is 338 g/mol. The second-order valence-corrected chi connectivity index (χ2v) is 7.01. The number of benzene rings is 3. The number of aryl methyl sites for hydroxylation is 1. The normalized spacial score (nSPS) is 12.9. The van der Waals surface area contributed by atoms with E-state index in [1.807, 2.05) is 0 Å². The van der Waals surface area contributed by atoms with Gasteiger partial charge in [-0.25, -0.2) is 0 Å². The van der Waals surface area contributed by atoms with Crippen LogP contribution in [0.1, 0.15) is 55.9 Å². The molecule has 0 unspecified atom stereocenters. The summed E-state index contributed by atoms with van der Waals surface area (Å²) in [6.45, 7) is 8.56. The highest BCUT2D eigenvalue weighted by Gasteiger charge is 2.09. The van der Waals surface area contributed by atoms with Crippen LogP contribution < -0.4 is 0 Å². The summed E-state index contributed by atoms with van der Waals surface area (Å²) in [7, 11) is 0. The molecule has 0 radical (unpaired) electrons. The largest absolute Gasteiger partial charge is 0.253 e. The summed E-state index contributed by atoms with van der Waals surface area (Å²) >= 11 is 0. The molecule has 0 aliphatic rings. The van der Waals surface area contributed by atoms with Crippen LogP contribution in [0.4, 0.5) is 0 Å². The van der Waals surface area contributed by atoms with Crippen LogP contribution in [-0.2, 0) is 0 Å². The first-order chi connectivity index (χ1) is 13.7. The molecular formula is C27H29N. The molecule has 0 aromatic heterocycles. The number of hydrogen-bond donors (Lipinski definition) is 0. The Labute approximate surface area is 169 Å². The van der Waals surface area contributed by atoms with Crippen LogP contribution in [0.15, 0.2) is 77.8 Å². The van der Waals surface area contributed by atoms with Gasteiger partial charge in [0.25, 0.3) is 0 Å². The first-order valence-electron chi connectivity index (χ1n) is 10.2. The third kappa shape index (κ3) is 4.31. The first kappa shape index (κ1) is 19.8. The zero-order valence-electron chi connectivity index (χ0n) is 17.4. The number of hydrogen-bond acceptors (Lipinski definition) is 1. The van der Waals surface area contributed by atoms with Crippen LogP contribution in [-0.4, -0.2) is 5.71 Å². The van der Waals surface area contributed by atoms with E-state index >= 15 is 0 Å². The van der Waals surface area contributed by atoms with Crippen LogP contribution in [0, 0.1) is 6.92 Å². The molecule has 0 fully saturated rings. The molecule has 3 aromatic rings. The number of aliphatic imine (C=N–C) groups is 1. The molecule has 1 nitrogen and oxygen atoms in total. The van der Waals surface area contributed by atoms with Crippen molar-refractivity contribution in [1.82, 2.24) is 0 Å². The van der Waals surface area contributed by atoms with Crippen molar-refractivity contribution in [1.29, 1.82) is 0 Å². The summed E-state index contributed by atoms with van der Waals surface area (Å²) in [5, 5.41) is 2.52. The van der Waals surface area contributed by atoms with Gasteiger partial charge in [0.1, 0.15) is 0 Å². The van der Waals surface area contributed by atoms with E-state index in [1.165, 1.54) is 33.0 Å². The van der Waals surface area contributed by atoms with Gasteiger partial charge in [0.2, 0.25) is 0 Å². The molecule has 0 heterocycles. The zero-order chi connectivity index (χ0) is 19.9. The van der Waals surface area contributed by atoms with E-state index in [0.717, 1.165) is 24.3 Å². The maximum Gasteiger partial charge on any atom is 0.0665 e. The topological polar surface area (TPSA) is 12.4 Å². The van der Waals surface area contributed by atoms with Crippen molar-refractivity contribution in [3.8, 4) is 0 Å². The summed E-state index contributed by atoms with van der Waals surface area (Å²) in [5.41, 5.74) is 7.12. The molecule has 0 amide bonds. The smallest absolute Gasteiger partial charge is 0.0665 e. The number of fused-ring (bicyclic) bond motifs is 1. The Hall–Kier alpha value is -2.93. The molecule has 142 valence electrons. The number of rotatable bonds is 6. The highest BCUT2D eigenvalue weighted by Crippen LogP contribution is 2.25. The molecule has 0 spiro atoms. The Morgan fingerprint density at radius 3 is 2.50 bits per heavy atom. The molecule has 0 aliphatic heterocycles. The van der Waals surface area contributed by atoms with Crippen molar-refractivity contribution >= 4 is 28.3 Å². The quantitative estimate of drug-likeness (QED) is 0.394. The summed E-state index contributed by atoms with van der Waals surface area (Å²) in [4.78, 5) is 5.16. The van der Waals surface area contributed by atoms with E-state index < -0.39 is 0 Å². The molecule has 28 heavy (non-hydrogen) atoms. The minimum atomic E-state index is 0.892. The Balaban J connectivity index is 2.13. The number of nitrogens with zero attached hydrogens (tertiary/aromatic N) is 1. The molecule has 3 rings (SSSR count). The lowest BCUT2D eigenvalue weighted by atomic mass is 9.98. The fourth-order valence-corrected chi connectivity index (χ4v) is 3.53. The van der Waals surface area contributed by atoms with E-state index in [0.29, 0.717) is 0 Å². The van der Waals surface area contributed by atoms with Gasteiger partial charge < -0.3 is 0 Å². The van der Waals surface area contributed by atoms with E-state index in [1.54, 1.807) is 0 Å². The average molecular weight is 368 g/mol. The highest BCUT2D eigenvalue weighted by atomic mass is 14.8. The van der Waals surface area contributed by atoms with Crippen LogP contribution in [0.25, 0.3) is 22.5 Å². The van der Waals surface area contributed by atoms with Gasteiger partial charge in [-0.3, -0.25) is 4.99 Å². The molecule has 0 aliphatic carbocycles. The fraction of sp³-hybridized carbons (Fsp3) is 0.222. The van der Waals surface area contributed by atoms with Gasteiger partial charge in [-0.1, -0.05) is 86.7 Å². The lowest BCUT2D eigenvalue weighted by Crippen LogP contribution is -2.01. The van der Waals surface area contributed by atoms with Gasteiger partial charge in [-0.05, 0) is 54.7 Å². The predicted octanol–water partition coefficient (Wildman–Crippen LogP) is 7.83. The summed E-state index contributed by atoms with van der Waals surface area (Å²) in [6.07, 6.45) is 8.33. The minimum absolute atomic E-state index is 0.892. The van der Waals surface area contributed by atoms with Crippen molar-refractivity contribution in [2.24, 2.45) is 4.99 Å². The van der Waals surface area contributed by atoms with Gasteiger partial charge in [0.05, 0.1) is 5.70 Å². The maximum absolute atomic E-state index is 5.16. The van der Waals surface area contributed by atoms with Gasteiger partial charge in [0, 0.05) is 16.8 Å². The van der Waals surface area contributed by atoms with Crippen molar-refractivity contribution in [2.75, 3.05) is 0 Å². The van der Waals surface area contributed by atoms with Gasteiger partial charge >= 0.3 is 0 Å². The summed E-state index contributed by atoms with van der Waals surface area (Å²) in [5.74, 6) is 0. The standard InChI is InChI=1S/C27H29N/c1-5-11-22-19-23(18-17-20(22)4)27(12-6-2)28-26(7-3)25-16-10-14-21-13-8-9-15-24(21)25/h5,8-19H,6-7H2,1-4H3/b11-5-,27-12+,28-26?. The third-order valence-corrected chi connectivity index (χ3v) is 5.01. The van der Waals surface area contributed by atoms with Crippen molar-refractivity contribution < 1.29 is 0 Å². The van der Waals surface area contributed by atoms with Crippen molar-refractivity contribution in [3.05, 3.63) is 95.1 Å². The van der Waals surface area contributed by atoms with Crippen molar-refractivity contribution in [2.45, 2.75) is 40.5 Å². The lowest BCUT2D eigenvalue weighted by molar-refractivity contribution is 1.21. The molecule has 0 saturated heterocycles. The molecule has 1 heteroatoms. The Morgan fingerprint density at radius 1 is 0.964 bits per heavy atom. The Morgan fingerprint density at radius 2 is 1.75 bits per heavy atom. The summed E-state index contributed by atoms with van der Waals surface area (Å²) < 4.78 is 0. The average Bonchev–Trinajstić information content (AvgIpc) is 2.73. The minimum Gasteiger partial charge on any atom is -0.253 e. The summed E-state index contributed by atoms with van der Waals surface area (Å²) in [6, 6.07) is 21.6. The number of allylic oxidation sites excluding steroid dienone is 2. The van der Waals surface area contributed by atoms with E-state index in [9.17, 15) is 0 Å². The van der Waals surface area contributed by atoms with Gasteiger partial charge in [-0.2, -0.15) is 0 Å². The highest BCUT2D eigenvalue weighted by molar-refractivity contribution is 6.12. The fourth-order valence-electron chi connectivity index (χ4n) is 3.53. The van der Waals surface area contributed by atoms with Crippen LogP contribution >= 0.6 is 0 Å².